The predicted octanol–water partition coefficient (Wildman–Crippen LogP) is 21.7. The molecule has 0 aromatic rings. The molecule has 3 N–H and O–H groups in total. The fourth-order valence-electron chi connectivity index (χ4n) is 11.4. The third-order valence-electron chi connectivity index (χ3n) is 17.3. The summed E-state index contributed by atoms with van der Waals surface area (Å²) >= 11 is 0. The van der Waals surface area contributed by atoms with Crippen LogP contribution in [-0.4, -0.2) is 96.7 Å². The van der Waals surface area contributed by atoms with Gasteiger partial charge in [0.05, 0.1) is 26.4 Å². The maximum Gasteiger partial charge on any atom is 0.472 e. The van der Waals surface area contributed by atoms with Crippen LogP contribution in [0.5, 0.6) is 0 Å². The van der Waals surface area contributed by atoms with Crippen LogP contribution in [0, 0.1) is 5.92 Å². The second kappa shape index (κ2) is 67.3. The molecule has 0 radical (unpaired) electrons. The number of hydrogen-bond acceptors (Lipinski definition) is 15. The average molecular weight is 1370 g/mol. The lowest BCUT2D eigenvalue weighted by atomic mass is 10.0. The van der Waals surface area contributed by atoms with Gasteiger partial charge >= 0.3 is 39.5 Å². The molecule has 0 rings (SSSR count). The number of rotatable bonds is 74. The molecule has 0 aliphatic rings. The van der Waals surface area contributed by atoms with Crippen LogP contribution in [-0.2, 0) is 65.4 Å². The van der Waals surface area contributed by atoms with Crippen molar-refractivity contribution in [3.8, 4) is 0 Å². The first-order chi connectivity index (χ1) is 45.0. The highest BCUT2D eigenvalue weighted by Gasteiger charge is 2.30. The van der Waals surface area contributed by atoms with E-state index < -0.39 is 97.5 Å². The first kappa shape index (κ1) is 91.1. The summed E-state index contributed by atoms with van der Waals surface area (Å²) < 4.78 is 68.4. The van der Waals surface area contributed by atoms with Crippen molar-refractivity contribution < 1.29 is 80.2 Å². The lowest BCUT2D eigenvalue weighted by Crippen LogP contribution is -2.30. The molecule has 93 heavy (non-hydrogen) atoms. The van der Waals surface area contributed by atoms with Crippen LogP contribution >= 0.6 is 15.6 Å². The van der Waals surface area contributed by atoms with Crippen LogP contribution < -0.4 is 0 Å². The molecule has 17 nitrogen and oxygen atoms in total. The Kier molecular flexibility index (Phi) is 65.9. The van der Waals surface area contributed by atoms with E-state index >= 15 is 0 Å². The van der Waals surface area contributed by atoms with Crippen LogP contribution in [0.2, 0.25) is 0 Å². The number of unbranched alkanes of at least 4 members (excludes halogenated alkanes) is 46. The molecule has 0 amide bonds. The predicted molar refractivity (Wildman–Crippen MR) is 377 cm³/mol. The number of aliphatic hydroxyl groups is 1. The highest BCUT2D eigenvalue weighted by Crippen LogP contribution is 2.45. The Balaban J connectivity index is 5.21. The monoisotopic (exact) mass is 1370 g/mol. The fraction of sp³-hybridized carbons (Fsp3) is 0.946. The minimum atomic E-state index is -4.95. The molecule has 552 valence electrons. The molecule has 0 aromatic heterocycles. The zero-order valence-electron chi connectivity index (χ0n) is 60.4. The van der Waals surface area contributed by atoms with Gasteiger partial charge in [-0.05, 0) is 31.6 Å². The maximum absolute atomic E-state index is 13.1. The van der Waals surface area contributed by atoms with E-state index in [0.717, 1.165) is 95.8 Å². The summed E-state index contributed by atoms with van der Waals surface area (Å²) in [6.07, 6.45) is 55.5. The Labute approximate surface area is 568 Å². The van der Waals surface area contributed by atoms with Crippen molar-refractivity contribution in [3.05, 3.63) is 0 Å². The minimum absolute atomic E-state index is 0.107. The maximum atomic E-state index is 13.1. The highest BCUT2D eigenvalue weighted by molar-refractivity contribution is 7.47. The van der Waals surface area contributed by atoms with Crippen molar-refractivity contribution >= 4 is 39.5 Å². The number of phosphoric ester groups is 2. The molecule has 0 bridgehead atoms. The molecule has 19 heteroatoms. The van der Waals surface area contributed by atoms with Gasteiger partial charge in [-0.25, -0.2) is 9.13 Å². The second-order valence-electron chi connectivity index (χ2n) is 27.2. The van der Waals surface area contributed by atoms with Gasteiger partial charge in [0.15, 0.2) is 12.2 Å². The van der Waals surface area contributed by atoms with Crippen molar-refractivity contribution in [2.45, 2.75) is 406 Å². The van der Waals surface area contributed by atoms with E-state index in [1.807, 2.05) is 0 Å². The Hall–Kier alpha value is -1.94. The van der Waals surface area contributed by atoms with Crippen LogP contribution in [0.1, 0.15) is 388 Å². The molecule has 2 unspecified atom stereocenters. The van der Waals surface area contributed by atoms with Gasteiger partial charge in [0, 0.05) is 25.7 Å². The van der Waals surface area contributed by atoms with Gasteiger partial charge in [0.1, 0.15) is 19.3 Å². The zero-order valence-corrected chi connectivity index (χ0v) is 62.2. The van der Waals surface area contributed by atoms with E-state index in [4.69, 9.17) is 37.0 Å². The number of carbonyl (C=O) groups is 4. The topological polar surface area (TPSA) is 237 Å². The SMILES string of the molecule is CCCCCCCCCCCCCCCCCCCC(=O)OC[C@H](COP(=O)(O)OC[C@@H](O)COP(=O)(O)OC[C@@H](COC(=O)CCCCCCCCCCC)OC(=O)CCCCCCCCCCCC)OC(=O)CCCCCCCCCCCCCCCCC(C)C. The third-order valence-corrected chi connectivity index (χ3v) is 19.2. The summed E-state index contributed by atoms with van der Waals surface area (Å²) in [6, 6.07) is 0. The average Bonchev–Trinajstić information content (AvgIpc) is 1.88. The van der Waals surface area contributed by atoms with Gasteiger partial charge < -0.3 is 33.8 Å². The van der Waals surface area contributed by atoms with E-state index in [1.165, 1.54) is 212 Å². The standard InChI is InChI=1S/C74H144O17P2/c1-6-9-12-15-18-21-23-24-25-26-27-31-34-39-43-48-53-58-72(77)85-64-70(91-74(79)60-55-50-45-40-35-32-29-28-30-33-37-41-46-51-56-67(4)5)66-89-93(82,83)87-62-68(75)61-86-92(80,81)88-65-69(63-84-71(76)57-52-47-42-36-20-17-14-11-8-3)90-73(78)59-54-49-44-38-22-19-16-13-10-7-2/h67-70,75H,6-66H2,1-5H3,(H,80,81)(H,82,83)/t68-,69+,70+/m0/s1. The zero-order chi connectivity index (χ0) is 68.4. The van der Waals surface area contributed by atoms with Gasteiger partial charge in [-0.2, -0.15) is 0 Å². The lowest BCUT2D eigenvalue weighted by Gasteiger charge is -2.21. The second-order valence-corrected chi connectivity index (χ2v) is 30.1. The number of hydrogen-bond donors (Lipinski definition) is 3. The summed E-state index contributed by atoms with van der Waals surface area (Å²) in [5.74, 6) is -1.32. The van der Waals surface area contributed by atoms with E-state index in [9.17, 15) is 43.2 Å². The molecule has 0 aromatic carbocycles. The molecule has 0 heterocycles. The van der Waals surface area contributed by atoms with Crippen molar-refractivity contribution in [1.29, 1.82) is 0 Å². The van der Waals surface area contributed by atoms with E-state index in [0.29, 0.717) is 25.7 Å². The van der Waals surface area contributed by atoms with Crippen molar-refractivity contribution in [3.63, 3.8) is 0 Å². The number of carbonyl (C=O) groups excluding carboxylic acids is 4. The van der Waals surface area contributed by atoms with E-state index in [2.05, 4.69) is 34.6 Å². The number of ether oxygens (including phenoxy) is 4. The highest BCUT2D eigenvalue weighted by atomic mass is 31.2. The van der Waals surface area contributed by atoms with Crippen molar-refractivity contribution in [2.75, 3.05) is 39.6 Å². The molecular weight excluding hydrogens is 1220 g/mol. The number of phosphoric acid groups is 2. The fourth-order valence-corrected chi connectivity index (χ4v) is 12.9. The van der Waals surface area contributed by atoms with Gasteiger partial charge in [-0.15, -0.1) is 0 Å². The molecular formula is C74H144O17P2. The lowest BCUT2D eigenvalue weighted by molar-refractivity contribution is -0.161. The number of aliphatic hydroxyl groups excluding tert-OH is 1. The summed E-state index contributed by atoms with van der Waals surface area (Å²) in [6.45, 7) is 7.28. The van der Waals surface area contributed by atoms with Gasteiger partial charge in [0.2, 0.25) is 0 Å². The first-order valence-electron chi connectivity index (χ1n) is 38.6. The number of esters is 4. The van der Waals surface area contributed by atoms with E-state index in [1.54, 1.807) is 0 Å². The molecule has 0 aliphatic heterocycles. The quantitative estimate of drug-likeness (QED) is 0.0222. The summed E-state index contributed by atoms with van der Waals surface area (Å²) in [7, 11) is -9.90. The minimum Gasteiger partial charge on any atom is -0.462 e. The third kappa shape index (κ3) is 68.4. The smallest absolute Gasteiger partial charge is 0.462 e. The van der Waals surface area contributed by atoms with Crippen LogP contribution in [0.4, 0.5) is 0 Å². The molecule has 0 aliphatic carbocycles. The summed E-state index contributed by atoms with van der Waals surface area (Å²) in [5, 5.41) is 10.6. The largest absolute Gasteiger partial charge is 0.472 e. The Morgan fingerprint density at radius 1 is 0.290 bits per heavy atom. The van der Waals surface area contributed by atoms with Crippen molar-refractivity contribution in [2.24, 2.45) is 5.92 Å². The molecule has 0 saturated heterocycles. The van der Waals surface area contributed by atoms with Crippen molar-refractivity contribution in [1.82, 2.24) is 0 Å². The summed E-state index contributed by atoms with van der Waals surface area (Å²) in [5.41, 5.74) is 0. The van der Waals surface area contributed by atoms with Crippen LogP contribution in [0.25, 0.3) is 0 Å². The van der Waals surface area contributed by atoms with Gasteiger partial charge in [-0.1, -0.05) is 336 Å². The normalized spacial score (nSPS) is 14.0. The summed E-state index contributed by atoms with van der Waals surface area (Å²) in [4.78, 5) is 72.6. The molecule has 0 spiro atoms. The van der Waals surface area contributed by atoms with Crippen LogP contribution in [0.15, 0.2) is 0 Å². The molecule has 0 fully saturated rings. The van der Waals surface area contributed by atoms with Gasteiger partial charge in [0.25, 0.3) is 0 Å². The Bertz CT molecular complexity index is 1790. The first-order valence-corrected chi connectivity index (χ1v) is 41.6. The molecule has 5 atom stereocenters. The molecule has 0 saturated carbocycles. The van der Waals surface area contributed by atoms with Gasteiger partial charge in [-0.3, -0.25) is 37.3 Å². The van der Waals surface area contributed by atoms with Crippen LogP contribution in [0.3, 0.4) is 0 Å². The van der Waals surface area contributed by atoms with E-state index in [-0.39, 0.29) is 25.7 Å². The Morgan fingerprint density at radius 2 is 0.495 bits per heavy atom. The Morgan fingerprint density at radius 3 is 0.731 bits per heavy atom.